The van der Waals surface area contributed by atoms with Gasteiger partial charge in [0.1, 0.15) is 0 Å². The molecule has 4 nitrogen and oxygen atoms in total. The summed E-state index contributed by atoms with van der Waals surface area (Å²) in [5, 5.41) is 0. The first kappa shape index (κ1) is 14.8. The van der Waals surface area contributed by atoms with E-state index < -0.39 is 0 Å². The van der Waals surface area contributed by atoms with Crippen LogP contribution in [0, 0.1) is 6.92 Å². The minimum absolute atomic E-state index is 0. The second-order valence-electron chi connectivity index (χ2n) is 5.11. The van der Waals surface area contributed by atoms with Gasteiger partial charge in [-0.3, -0.25) is 5.73 Å². The predicted molar refractivity (Wildman–Crippen MR) is 75.8 cm³/mol. The standard InChI is InChI=1S/C15H18N4.BrH/c1-11-9-14(17-15(16)18(11)2)19-8-7-12-5-3-4-6-13(12)10-19;/h3-6,9,16H,7-8,10H2,1-2H3;1H. The number of halogens is 1. The van der Waals surface area contributed by atoms with Crippen LogP contribution in [-0.4, -0.2) is 11.5 Å². The molecule has 0 saturated carbocycles. The second-order valence-corrected chi connectivity index (χ2v) is 5.11. The number of aromatic nitrogens is 2. The van der Waals surface area contributed by atoms with E-state index in [1.807, 2.05) is 11.6 Å². The molecule has 20 heavy (non-hydrogen) atoms. The van der Waals surface area contributed by atoms with Crippen molar-refractivity contribution in [3.63, 3.8) is 0 Å². The van der Waals surface area contributed by atoms with Gasteiger partial charge in [-0.15, -0.1) is 0 Å². The molecule has 2 aromatic rings. The molecule has 1 aliphatic rings. The quantitative estimate of drug-likeness (QED) is 0.636. The van der Waals surface area contributed by atoms with Crippen LogP contribution in [0.15, 0.2) is 30.3 Å². The van der Waals surface area contributed by atoms with Crippen molar-refractivity contribution in [2.24, 2.45) is 7.05 Å². The van der Waals surface area contributed by atoms with E-state index in [2.05, 4.69) is 47.1 Å². The fraction of sp³-hybridized carbons (Fsp3) is 0.333. The number of rotatable bonds is 1. The molecule has 0 aliphatic carbocycles. The van der Waals surface area contributed by atoms with Gasteiger partial charge in [-0.2, -0.15) is 0 Å². The molecule has 5 heteroatoms. The van der Waals surface area contributed by atoms with E-state index in [1.54, 1.807) is 0 Å². The molecule has 0 spiro atoms. The Morgan fingerprint density at radius 3 is 2.65 bits per heavy atom. The van der Waals surface area contributed by atoms with Gasteiger partial charge >= 0.3 is 5.95 Å². The number of hydrogen-bond donors (Lipinski definition) is 1. The molecule has 3 rings (SSSR count). The summed E-state index contributed by atoms with van der Waals surface area (Å²) in [5.74, 6) is 1.54. The van der Waals surface area contributed by atoms with Crippen molar-refractivity contribution in [2.45, 2.75) is 19.9 Å². The van der Waals surface area contributed by atoms with Crippen LogP contribution >= 0.6 is 0 Å². The minimum Gasteiger partial charge on any atom is -1.00 e. The third kappa shape index (κ3) is 2.63. The second kappa shape index (κ2) is 5.79. The molecule has 0 unspecified atom stereocenters. The van der Waals surface area contributed by atoms with Crippen LogP contribution in [0.2, 0.25) is 0 Å². The summed E-state index contributed by atoms with van der Waals surface area (Å²) in [6.45, 7) is 3.96. The Hall–Kier alpha value is -1.62. The molecule has 2 N–H and O–H groups in total. The Morgan fingerprint density at radius 2 is 1.95 bits per heavy atom. The summed E-state index contributed by atoms with van der Waals surface area (Å²) < 4.78 is 1.90. The average molecular weight is 335 g/mol. The normalized spacial score (nSPS) is 13.6. The van der Waals surface area contributed by atoms with Crippen LogP contribution in [0.3, 0.4) is 0 Å². The molecule has 1 aliphatic heterocycles. The maximum atomic E-state index is 5.95. The third-order valence-electron chi connectivity index (χ3n) is 3.89. The summed E-state index contributed by atoms with van der Waals surface area (Å²) in [5.41, 5.74) is 9.91. The first-order valence-electron chi connectivity index (χ1n) is 6.60. The van der Waals surface area contributed by atoms with Crippen molar-refractivity contribution in [3.05, 3.63) is 47.2 Å². The zero-order valence-corrected chi connectivity index (χ0v) is 13.4. The summed E-state index contributed by atoms with van der Waals surface area (Å²) >= 11 is 0. The highest BCUT2D eigenvalue weighted by Crippen LogP contribution is 2.23. The van der Waals surface area contributed by atoms with E-state index in [-0.39, 0.29) is 17.0 Å². The van der Waals surface area contributed by atoms with Crippen molar-refractivity contribution in [2.75, 3.05) is 17.2 Å². The van der Waals surface area contributed by atoms with Crippen molar-refractivity contribution in [3.8, 4) is 0 Å². The van der Waals surface area contributed by atoms with E-state index in [9.17, 15) is 0 Å². The average Bonchev–Trinajstić information content (AvgIpc) is 2.43. The number of benzene rings is 1. The van der Waals surface area contributed by atoms with Crippen LogP contribution in [-0.2, 0) is 20.0 Å². The molecule has 2 heterocycles. The summed E-state index contributed by atoms with van der Waals surface area (Å²) in [6.07, 6.45) is 1.07. The number of nitrogens with zero attached hydrogens (tertiary/aromatic N) is 3. The lowest BCUT2D eigenvalue weighted by Crippen LogP contribution is -3.00. The van der Waals surface area contributed by atoms with Crippen LogP contribution < -0.4 is 32.2 Å². The number of aryl methyl sites for hydroxylation is 1. The maximum absolute atomic E-state index is 5.95. The number of anilines is 2. The van der Waals surface area contributed by atoms with Crippen LogP contribution in [0.5, 0.6) is 0 Å². The van der Waals surface area contributed by atoms with Gasteiger partial charge < -0.3 is 21.9 Å². The van der Waals surface area contributed by atoms with Gasteiger partial charge in [-0.25, -0.2) is 4.57 Å². The fourth-order valence-electron chi connectivity index (χ4n) is 2.54. The minimum atomic E-state index is 0. The van der Waals surface area contributed by atoms with Gasteiger partial charge in [0.05, 0.1) is 12.7 Å². The summed E-state index contributed by atoms with van der Waals surface area (Å²) in [4.78, 5) is 6.79. The lowest BCUT2D eigenvalue weighted by molar-refractivity contribution is -0.665. The molecule has 0 amide bonds. The summed E-state index contributed by atoms with van der Waals surface area (Å²) in [6, 6.07) is 10.7. The molecule has 0 atom stereocenters. The maximum Gasteiger partial charge on any atom is 0.391 e. The van der Waals surface area contributed by atoms with Crippen LogP contribution in [0.4, 0.5) is 11.8 Å². The Balaban J connectivity index is 0.00000147. The number of nitrogen functional groups attached to an aromatic ring is 1. The highest BCUT2D eigenvalue weighted by Gasteiger charge is 2.21. The zero-order valence-electron chi connectivity index (χ0n) is 11.8. The van der Waals surface area contributed by atoms with E-state index in [4.69, 9.17) is 5.73 Å². The van der Waals surface area contributed by atoms with Crippen LogP contribution in [0.1, 0.15) is 16.8 Å². The van der Waals surface area contributed by atoms with Crippen molar-refractivity contribution in [1.29, 1.82) is 0 Å². The molecule has 1 aromatic heterocycles. The predicted octanol–water partition coefficient (Wildman–Crippen LogP) is -1.64. The SMILES string of the molecule is Cc1cc(N2CCc3ccccc3C2)nc(N)[n+]1C.[Br-]. The van der Waals surface area contributed by atoms with E-state index >= 15 is 0 Å². The zero-order chi connectivity index (χ0) is 13.4. The lowest BCUT2D eigenvalue weighted by atomic mass is 10.00. The number of hydrogen-bond acceptors (Lipinski definition) is 3. The fourth-order valence-corrected chi connectivity index (χ4v) is 2.54. The molecular formula is C15H19BrN4. The van der Waals surface area contributed by atoms with E-state index in [1.165, 1.54) is 11.1 Å². The molecular weight excluding hydrogens is 316 g/mol. The van der Waals surface area contributed by atoms with Crippen molar-refractivity contribution < 1.29 is 21.5 Å². The van der Waals surface area contributed by atoms with Crippen molar-refractivity contribution >= 4 is 11.8 Å². The molecule has 0 bridgehead atoms. The Bertz CT molecular complexity index is 604. The number of nitrogens with two attached hydrogens (primary N) is 1. The van der Waals surface area contributed by atoms with Gasteiger partial charge in [-0.1, -0.05) is 29.2 Å². The number of fused-ring (bicyclic) bond motifs is 1. The topological polar surface area (TPSA) is 46.0 Å². The molecule has 0 fully saturated rings. The molecule has 0 radical (unpaired) electrons. The largest absolute Gasteiger partial charge is 1.00 e. The van der Waals surface area contributed by atoms with Gasteiger partial charge in [0.15, 0.2) is 0 Å². The van der Waals surface area contributed by atoms with Gasteiger partial charge in [-0.05, 0) is 24.5 Å². The Kier molecular flexibility index (Phi) is 4.28. The lowest BCUT2D eigenvalue weighted by Gasteiger charge is -2.28. The van der Waals surface area contributed by atoms with Gasteiger partial charge in [0.25, 0.3) is 0 Å². The molecule has 0 saturated heterocycles. The highest BCUT2D eigenvalue weighted by molar-refractivity contribution is 5.45. The monoisotopic (exact) mass is 334 g/mol. The highest BCUT2D eigenvalue weighted by atomic mass is 79.9. The van der Waals surface area contributed by atoms with Gasteiger partial charge in [0.2, 0.25) is 5.82 Å². The Labute approximate surface area is 130 Å². The summed E-state index contributed by atoms with van der Waals surface area (Å²) in [7, 11) is 1.94. The first-order valence-corrected chi connectivity index (χ1v) is 6.60. The van der Waals surface area contributed by atoms with Crippen LogP contribution in [0.25, 0.3) is 0 Å². The Morgan fingerprint density at radius 1 is 1.25 bits per heavy atom. The third-order valence-corrected chi connectivity index (χ3v) is 3.89. The molecule has 1 aromatic carbocycles. The smallest absolute Gasteiger partial charge is 0.391 e. The van der Waals surface area contributed by atoms with Gasteiger partial charge in [0, 0.05) is 19.2 Å². The van der Waals surface area contributed by atoms with Crippen molar-refractivity contribution in [1.82, 2.24) is 4.98 Å². The van der Waals surface area contributed by atoms with E-state index in [0.29, 0.717) is 5.95 Å². The first-order chi connectivity index (χ1) is 9.15. The van der Waals surface area contributed by atoms with E-state index in [0.717, 1.165) is 31.0 Å². The molecule has 106 valence electrons.